The number of halogens is 3. The van der Waals surface area contributed by atoms with Crippen molar-refractivity contribution in [1.82, 2.24) is 30.9 Å². The largest absolute Gasteiger partial charge is 0.481 e. The molecule has 0 radical (unpaired) electrons. The number of ether oxygens (including phenoxy) is 1. The van der Waals surface area contributed by atoms with E-state index in [1.54, 1.807) is 119 Å². The molecule has 0 saturated carbocycles. The molecule has 3 aromatic heterocycles. The standard InChI is InChI=1S/C22H23FN4O3.C22H23FN4O2.C21H22FN5O2/c1-4-20(28)27(2)19-10-7-14(12-16(19)23)17-8-9-18(26-17)21(29)25-13-15-6-5-11-24-22(15)30-3;1-4-21(28)27(3)20-10-7-15(12-17(20)23)18-8-9-19(26-18)22(29)25-13-16-6-5-11-24-14(16)2;1-3-19(28)27(2)18-9-6-13(11-15(18)22)16-7-8-17(26-16)21(29)25-12-14-5-4-10-24-20(14)23/h5-7,9-12H,4,8,13H2,1-3H3,(H,25,29);5-7,9-12H,4,8,13H2,1-3H3,(H,25,29);4-6,8-11H,3,7,12H2,1-2H3,(H2,23,24)(H,25,29). The van der Waals surface area contributed by atoms with Crippen LogP contribution in [0.3, 0.4) is 0 Å². The Morgan fingerprint density at radius 2 is 0.841 bits per heavy atom. The molecule has 0 bridgehead atoms. The minimum atomic E-state index is -0.514. The summed E-state index contributed by atoms with van der Waals surface area (Å²) in [6.07, 6.45) is 12.2. The molecule has 0 fully saturated rings. The normalized spacial score (nSPS) is 12.9. The number of nitrogens with zero attached hydrogens (tertiary/aromatic N) is 9. The Morgan fingerprint density at radius 3 is 1.19 bits per heavy atom. The van der Waals surface area contributed by atoms with Crippen molar-refractivity contribution in [2.24, 2.45) is 15.0 Å². The van der Waals surface area contributed by atoms with E-state index in [1.807, 2.05) is 25.1 Å². The first-order valence-corrected chi connectivity index (χ1v) is 28.2. The minimum Gasteiger partial charge on any atom is -0.481 e. The van der Waals surface area contributed by atoms with Gasteiger partial charge in [-0.25, -0.2) is 38.1 Å². The highest BCUT2D eigenvalue weighted by molar-refractivity contribution is 6.11. The highest BCUT2D eigenvalue weighted by Crippen LogP contribution is 2.28. The fraction of sp³-hybridized carbons (Fsp3) is 0.262. The molecule has 0 spiro atoms. The highest BCUT2D eigenvalue weighted by Gasteiger charge is 2.24. The maximum absolute atomic E-state index is 14.5. The number of carbonyl (C=O) groups is 6. The van der Waals surface area contributed by atoms with E-state index in [-0.39, 0.29) is 89.8 Å². The number of allylic oxidation sites excluding steroid dienone is 3. The molecule has 20 nitrogen and oxygen atoms in total. The molecule has 3 aromatic carbocycles. The molecule has 6 aromatic rings. The molecule has 0 atom stereocenters. The molecule has 23 heteroatoms. The average molecular weight is 1200 g/mol. The molecule has 9 rings (SSSR count). The number of anilines is 4. The van der Waals surface area contributed by atoms with Crippen molar-refractivity contribution in [3.63, 3.8) is 0 Å². The van der Waals surface area contributed by atoms with Gasteiger partial charge in [-0.2, -0.15) is 0 Å². The molecule has 6 amide bonds. The Kier molecular flexibility index (Phi) is 22.6. The maximum Gasteiger partial charge on any atom is 0.269 e. The monoisotopic (exact) mass is 1200 g/mol. The third-order valence-corrected chi connectivity index (χ3v) is 14.3. The lowest BCUT2D eigenvalue weighted by Crippen LogP contribution is -2.26. The summed E-state index contributed by atoms with van der Waals surface area (Å²) >= 11 is 0. The van der Waals surface area contributed by atoms with Gasteiger partial charge >= 0.3 is 0 Å². The predicted molar refractivity (Wildman–Crippen MR) is 332 cm³/mol. The number of aliphatic imine (C=N–C) groups is 3. The van der Waals surface area contributed by atoms with Crippen LogP contribution in [0.1, 0.15) is 98.4 Å². The molecule has 456 valence electrons. The third kappa shape index (κ3) is 16.5. The van der Waals surface area contributed by atoms with E-state index in [9.17, 15) is 41.9 Å². The fourth-order valence-electron chi connectivity index (χ4n) is 9.10. The number of aryl methyl sites for hydroxylation is 1. The van der Waals surface area contributed by atoms with Crippen LogP contribution < -0.4 is 41.1 Å². The Balaban J connectivity index is 0.000000188. The van der Waals surface area contributed by atoms with E-state index in [2.05, 4.69) is 45.9 Å². The molecular weight excluding hydrogens is 1130 g/mol. The zero-order valence-corrected chi connectivity index (χ0v) is 50.1. The summed E-state index contributed by atoms with van der Waals surface area (Å²) in [4.78, 5) is 102. The number of nitrogen functional groups attached to an aromatic ring is 1. The van der Waals surface area contributed by atoms with Crippen LogP contribution in [0, 0.1) is 24.4 Å². The van der Waals surface area contributed by atoms with E-state index < -0.39 is 17.5 Å². The summed E-state index contributed by atoms with van der Waals surface area (Å²) in [5.74, 6) is -2.19. The van der Waals surface area contributed by atoms with Crippen molar-refractivity contribution >= 4 is 75.5 Å². The predicted octanol–water partition coefficient (Wildman–Crippen LogP) is 8.86. The Morgan fingerprint density at radius 1 is 0.500 bits per heavy atom. The van der Waals surface area contributed by atoms with E-state index in [1.165, 1.54) is 54.1 Å². The van der Waals surface area contributed by atoms with Gasteiger partial charge in [-0.3, -0.25) is 33.8 Å². The fourth-order valence-corrected chi connectivity index (χ4v) is 9.10. The number of amides is 6. The van der Waals surface area contributed by atoms with E-state index in [4.69, 9.17) is 10.5 Å². The van der Waals surface area contributed by atoms with Crippen LogP contribution in [-0.4, -0.2) is 95.8 Å². The zero-order valence-electron chi connectivity index (χ0n) is 50.1. The van der Waals surface area contributed by atoms with Crippen molar-refractivity contribution in [1.29, 1.82) is 0 Å². The topological polar surface area (TPSA) is 259 Å². The SMILES string of the molecule is CCC(=O)N(C)c1ccc(C2=NC(C(=O)NCc3cccnc3C)=CC2)cc1F.CCC(=O)N(C)c1ccc(C2=NC(C(=O)NCc3cccnc3N)=CC2)cc1F.CCC(=O)N(C)c1ccc(C2=NC(C(=O)NCc3cccnc3OC)=CC2)cc1F. The van der Waals surface area contributed by atoms with E-state index in [0.29, 0.717) is 89.0 Å². The van der Waals surface area contributed by atoms with Crippen LogP contribution in [-0.2, 0) is 48.4 Å². The Hall–Kier alpha value is -10.5. The van der Waals surface area contributed by atoms with Crippen molar-refractivity contribution in [2.45, 2.75) is 85.9 Å². The number of methoxy groups -OCH3 is 1. The van der Waals surface area contributed by atoms with Crippen LogP contribution in [0.15, 0.2) is 160 Å². The number of nitrogens with one attached hydrogen (secondary N) is 3. The average Bonchev–Trinajstić information content (AvgIpc) is 4.12. The first-order chi connectivity index (χ1) is 42.2. The van der Waals surface area contributed by atoms with Crippen LogP contribution in [0.4, 0.5) is 36.1 Å². The highest BCUT2D eigenvalue weighted by atomic mass is 19.1. The second kappa shape index (κ2) is 30.6. The van der Waals surface area contributed by atoms with Gasteiger partial charge in [0, 0.05) is 115 Å². The Labute approximate surface area is 508 Å². The summed E-state index contributed by atoms with van der Waals surface area (Å²) in [6, 6.07) is 24.6. The summed E-state index contributed by atoms with van der Waals surface area (Å²) in [7, 11) is 6.14. The van der Waals surface area contributed by atoms with Crippen molar-refractivity contribution in [3.8, 4) is 5.88 Å². The molecule has 5 N–H and O–H groups in total. The van der Waals surface area contributed by atoms with Crippen LogP contribution in [0.25, 0.3) is 0 Å². The number of pyridine rings is 3. The summed E-state index contributed by atoms with van der Waals surface area (Å²) in [6.45, 7) is 7.91. The van der Waals surface area contributed by atoms with Gasteiger partial charge in [0.1, 0.15) is 40.4 Å². The van der Waals surface area contributed by atoms with Crippen LogP contribution in [0.5, 0.6) is 5.88 Å². The second-order valence-corrected chi connectivity index (χ2v) is 20.0. The first kappa shape index (κ1) is 65.1. The van der Waals surface area contributed by atoms with E-state index >= 15 is 0 Å². The molecule has 0 aliphatic carbocycles. The minimum absolute atomic E-state index is 0.167. The molecule has 88 heavy (non-hydrogen) atoms. The third-order valence-electron chi connectivity index (χ3n) is 14.3. The van der Waals surface area contributed by atoms with Gasteiger partial charge in [-0.05, 0) is 102 Å². The van der Waals surface area contributed by atoms with Gasteiger partial charge < -0.3 is 41.1 Å². The maximum atomic E-state index is 14.5. The molecule has 3 aliphatic rings. The molecule has 0 saturated heterocycles. The number of hydrogen-bond acceptors (Lipinski definition) is 14. The van der Waals surface area contributed by atoms with Crippen LogP contribution in [0.2, 0.25) is 0 Å². The molecule has 0 unspecified atom stereocenters. The summed E-state index contributed by atoms with van der Waals surface area (Å²) < 4.78 is 48.7. The van der Waals surface area contributed by atoms with Gasteiger partial charge in [0.25, 0.3) is 17.7 Å². The number of hydrogen-bond donors (Lipinski definition) is 4. The quantitative estimate of drug-likeness (QED) is 0.0595. The van der Waals surface area contributed by atoms with Gasteiger partial charge in [0.15, 0.2) is 0 Å². The molecular formula is C65H68F3N13O7. The lowest BCUT2D eigenvalue weighted by Gasteiger charge is -2.17. The first-order valence-electron chi connectivity index (χ1n) is 28.2. The smallest absolute Gasteiger partial charge is 0.269 e. The number of carbonyl (C=O) groups excluding carboxylic acids is 6. The number of benzene rings is 3. The summed E-state index contributed by atoms with van der Waals surface area (Å²) in [5.41, 5.74) is 14.0. The number of nitrogens with two attached hydrogens (primary N) is 1. The zero-order chi connectivity index (χ0) is 63.6. The van der Waals surface area contributed by atoms with Crippen LogP contribution >= 0.6 is 0 Å². The number of aromatic nitrogens is 3. The lowest BCUT2D eigenvalue weighted by atomic mass is 10.1. The Bertz CT molecular complexity index is 3680. The second-order valence-electron chi connectivity index (χ2n) is 20.0. The molecule has 6 heterocycles. The molecule has 3 aliphatic heterocycles. The summed E-state index contributed by atoms with van der Waals surface area (Å²) in [5, 5.41) is 8.38. The lowest BCUT2D eigenvalue weighted by molar-refractivity contribution is -0.118. The van der Waals surface area contributed by atoms with Gasteiger partial charge in [-0.15, -0.1) is 0 Å². The van der Waals surface area contributed by atoms with E-state index in [0.717, 1.165) is 16.8 Å². The number of rotatable bonds is 19. The van der Waals surface area contributed by atoms with Gasteiger partial charge in [-0.1, -0.05) is 57.2 Å². The van der Waals surface area contributed by atoms with Gasteiger partial charge in [0.2, 0.25) is 23.6 Å². The van der Waals surface area contributed by atoms with Crippen molar-refractivity contribution in [3.05, 3.63) is 201 Å². The van der Waals surface area contributed by atoms with Gasteiger partial charge in [0.05, 0.1) is 41.3 Å². The van der Waals surface area contributed by atoms with Crippen molar-refractivity contribution < 1.29 is 46.7 Å². The van der Waals surface area contributed by atoms with Crippen molar-refractivity contribution in [2.75, 3.05) is 48.7 Å².